The third kappa shape index (κ3) is 3.47. The number of hydrogen-bond donors (Lipinski definition) is 1. The van der Waals surface area contributed by atoms with Crippen molar-refractivity contribution in [1.82, 2.24) is 9.62 Å². The average molecular weight is 310 g/mol. The summed E-state index contributed by atoms with van der Waals surface area (Å²) in [6.07, 6.45) is 4.00. The fourth-order valence-corrected chi connectivity index (χ4v) is 4.11. The minimum Gasteiger partial charge on any atom is -0.313 e. The Kier molecular flexibility index (Phi) is 5.41. The molecule has 21 heavy (non-hydrogen) atoms. The molecule has 1 N–H and O–H groups in total. The van der Waals surface area contributed by atoms with Gasteiger partial charge < -0.3 is 5.32 Å². The van der Waals surface area contributed by atoms with Crippen LogP contribution >= 0.6 is 0 Å². The summed E-state index contributed by atoms with van der Waals surface area (Å²) in [7, 11) is -1.66. The second kappa shape index (κ2) is 6.90. The quantitative estimate of drug-likeness (QED) is 0.842. The Bertz CT molecular complexity index is 580. The lowest BCUT2D eigenvalue weighted by molar-refractivity contribution is 0.249. The van der Waals surface area contributed by atoms with E-state index in [-0.39, 0.29) is 6.04 Å². The van der Waals surface area contributed by atoms with Gasteiger partial charge in [-0.25, -0.2) is 8.42 Å². The minimum atomic E-state index is -3.37. The SMILES string of the molecule is CCNCc1cc(S(=O)(=O)N(C)C2CCC2)ccc1CC. The molecule has 5 heteroatoms. The van der Waals surface area contributed by atoms with Gasteiger partial charge in [0.1, 0.15) is 0 Å². The average Bonchev–Trinajstić information content (AvgIpc) is 2.42. The molecule has 0 spiro atoms. The first-order valence-electron chi connectivity index (χ1n) is 7.81. The molecule has 118 valence electrons. The van der Waals surface area contributed by atoms with Gasteiger partial charge in [0.15, 0.2) is 0 Å². The first-order chi connectivity index (χ1) is 10.0. The van der Waals surface area contributed by atoms with E-state index in [1.165, 1.54) is 5.56 Å². The van der Waals surface area contributed by atoms with Crippen molar-refractivity contribution in [3.8, 4) is 0 Å². The van der Waals surface area contributed by atoms with Crippen LogP contribution in [0.15, 0.2) is 23.1 Å². The van der Waals surface area contributed by atoms with E-state index >= 15 is 0 Å². The zero-order valence-electron chi connectivity index (χ0n) is 13.2. The van der Waals surface area contributed by atoms with Gasteiger partial charge in [-0.3, -0.25) is 0 Å². The molecule has 1 aliphatic rings. The highest BCUT2D eigenvalue weighted by Crippen LogP contribution is 2.29. The number of nitrogens with zero attached hydrogens (tertiary/aromatic N) is 1. The fraction of sp³-hybridized carbons (Fsp3) is 0.625. The van der Waals surface area contributed by atoms with E-state index in [1.807, 2.05) is 12.1 Å². The van der Waals surface area contributed by atoms with Gasteiger partial charge in [-0.1, -0.05) is 26.3 Å². The standard InChI is InChI=1S/C16H26N2O2S/c1-4-13-9-10-16(11-14(13)12-17-5-2)21(19,20)18(3)15-7-6-8-15/h9-11,15,17H,4-8,12H2,1-3H3. The van der Waals surface area contributed by atoms with E-state index in [2.05, 4.69) is 19.2 Å². The van der Waals surface area contributed by atoms with Gasteiger partial charge in [-0.15, -0.1) is 0 Å². The zero-order chi connectivity index (χ0) is 15.5. The molecule has 0 bridgehead atoms. The van der Waals surface area contributed by atoms with Crippen molar-refractivity contribution >= 4 is 10.0 Å². The van der Waals surface area contributed by atoms with Gasteiger partial charge in [0, 0.05) is 19.6 Å². The highest BCUT2D eigenvalue weighted by atomic mass is 32.2. The van der Waals surface area contributed by atoms with Crippen molar-refractivity contribution in [1.29, 1.82) is 0 Å². The number of aryl methyl sites for hydroxylation is 1. The van der Waals surface area contributed by atoms with Gasteiger partial charge in [0.2, 0.25) is 10.0 Å². The fourth-order valence-electron chi connectivity index (χ4n) is 2.64. The number of hydrogen-bond acceptors (Lipinski definition) is 3. The van der Waals surface area contributed by atoms with Crippen LogP contribution in [0.1, 0.15) is 44.2 Å². The van der Waals surface area contributed by atoms with Crippen LogP contribution in [-0.4, -0.2) is 32.4 Å². The molecular formula is C16H26N2O2S. The summed E-state index contributed by atoms with van der Waals surface area (Å²) in [5, 5.41) is 3.28. The van der Waals surface area contributed by atoms with Crippen LogP contribution in [0.25, 0.3) is 0 Å². The molecule has 2 rings (SSSR count). The van der Waals surface area contributed by atoms with Crippen LogP contribution in [0.4, 0.5) is 0 Å². The van der Waals surface area contributed by atoms with Crippen LogP contribution in [0, 0.1) is 0 Å². The molecule has 1 aromatic rings. The predicted molar refractivity (Wildman–Crippen MR) is 85.8 cm³/mol. The van der Waals surface area contributed by atoms with E-state index < -0.39 is 10.0 Å². The van der Waals surface area contributed by atoms with Gasteiger partial charge in [0.05, 0.1) is 4.90 Å². The Morgan fingerprint density at radius 3 is 2.48 bits per heavy atom. The highest BCUT2D eigenvalue weighted by Gasteiger charge is 2.31. The van der Waals surface area contributed by atoms with Gasteiger partial charge in [-0.05, 0) is 49.1 Å². The van der Waals surface area contributed by atoms with Crippen molar-refractivity contribution < 1.29 is 8.42 Å². The molecule has 0 saturated heterocycles. The minimum absolute atomic E-state index is 0.179. The maximum atomic E-state index is 12.7. The molecule has 0 aliphatic heterocycles. The van der Waals surface area contributed by atoms with Gasteiger partial charge in [-0.2, -0.15) is 4.31 Å². The second-order valence-electron chi connectivity index (χ2n) is 5.67. The van der Waals surface area contributed by atoms with Crippen LogP contribution in [0.3, 0.4) is 0 Å². The van der Waals surface area contributed by atoms with Crippen LogP contribution in [-0.2, 0) is 23.0 Å². The maximum absolute atomic E-state index is 12.7. The third-order valence-corrected chi connectivity index (χ3v) is 6.30. The lowest BCUT2D eigenvalue weighted by Gasteiger charge is -2.33. The van der Waals surface area contributed by atoms with Crippen LogP contribution in [0.2, 0.25) is 0 Å². The molecule has 0 radical (unpaired) electrons. The van der Waals surface area contributed by atoms with Crippen molar-refractivity contribution in [3.63, 3.8) is 0 Å². The molecule has 0 unspecified atom stereocenters. The van der Waals surface area contributed by atoms with Crippen molar-refractivity contribution in [3.05, 3.63) is 29.3 Å². The molecular weight excluding hydrogens is 284 g/mol. The molecule has 1 aromatic carbocycles. The molecule has 0 aromatic heterocycles. The van der Waals surface area contributed by atoms with E-state index in [9.17, 15) is 8.42 Å². The van der Waals surface area contributed by atoms with Crippen LogP contribution in [0.5, 0.6) is 0 Å². The Hall–Kier alpha value is -0.910. The lowest BCUT2D eigenvalue weighted by Crippen LogP contribution is -2.41. The summed E-state index contributed by atoms with van der Waals surface area (Å²) < 4.78 is 26.9. The molecule has 0 amide bonds. The Morgan fingerprint density at radius 2 is 1.95 bits per heavy atom. The number of rotatable bonds is 7. The summed E-state index contributed by atoms with van der Waals surface area (Å²) in [4.78, 5) is 0.419. The van der Waals surface area contributed by atoms with Crippen molar-refractivity contribution in [2.45, 2.75) is 57.0 Å². The van der Waals surface area contributed by atoms with Crippen LogP contribution < -0.4 is 5.32 Å². The summed E-state index contributed by atoms with van der Waals surface area (Å²) >= 11 is 0. The van der Waals surface area contributed by atoms with E-state index in [1.54, 1.807) is 17.4 Å². The van der Waals surface area contributed by atoms with E-state index in [0.29, 0.717) is 4.90 Å². The summed E-state index contributed by atoms with van der Waals surface area (Å²) in [5.74, 6) is 0. The Labute approximate surface area is 128 Å². The van der Waals surface area contributed by atoms with Gasteiger partial charge >= 0.3 is 0 Å². The molecule has 0 atom stereocenters. The second-order valence-corrected chi connectivity index (χ2v) is 7.67. The normalized spacial score (nSPS) is 16.2. The maximum Gasteiger partial charge on any atom is 0.243 e. The smallest absolute Gasteiger partial charge is 0.243 e. The molecule has 4 nitrogen and oxygen atoms in total. The highest BCUT2D eigenvalue weighted by molar-refractivity contribution is 7.89. The first kappa shape index (κ1) is 16.5. The monoisotopic (exact) mass is 310 g/mol. The van der Waals surface area contributed by atoms with E-state index in [0.717, 1.165) is 44.3 Å². The van der Waals surface area contributed by atoms with E-state index in [4.69, 9.17) is 0 Å². The first-order valence-corrected chi connectivity index (χ1v) is 9.25. The van der Waals surface area contributed by atoms with Gasteiger partial charge in [0.25, 0.3) is 0 Å². The summed E-state index contributed by atoms with van der Waals surface area (Å²) in [5.41, 5.74) is 2.30. The zero-order valence-corrected chi connectivity index (χ0v) is 14.0. The lowest BCUT2D eigenvalue weighted by atomic mass is 9.94. The predicted octanol–water partition coefficient (Wildman–Crippen LogP) is 2.53. The summed E-state index contributed by atoms with van der Waals surface area (Å²) in [6.45, 7) is 5.74. The van der Waals surface area contributed by atoms with Crippen molar-refractivity contribution in [2.24, 2.45) is 0 Å². The third-order valence-electron chi connectivity index (χ3n) is 4.39. The summed E-state index contributed by atoms with van der Waals surface area (Å²) in [6, 6.07) is 5.72. The molecule has 1 aliphatic carbocycles. The molecule has 1 fully saturated rings. The topological polar surface area (TPSA) is 49.4 Å². The largest absolute Gasteiger partial charge is 0.313 e. The number of benzene rings is 1. The Morgan fingerprint density at radius 1 is 1.24 bits per heavy atom. The molecule has 0 heterocycles. The Balaban J connectivity index is 2.29. The number of nitrogens with one attached hydrogen (secondary N) is 1. The van der Waals surface area contributed by atoms with Crippen molar-refractivity contribution in [2.75, 3.05) is 13.6 Å². The number of sulfonamides is 1. The molecule has 1 saturated carbocycles.